The predicted molar refractivity (Wildman–Crippen MR) is 144 cm³/mol. The van der Waals surface area contributed by atoms with Crippen molar-refractivity contribution < 1.29 is 23.2 Å². The molecule has 192 valence electrons. The van der Waals surface area contributed by atoms with Gasteiger partial charge in [0.2, 0.25) is 0 Å². The molecule has 0 aliphatic heterocycles. The number of aromatic hydroxyl groups is 2. The fourth-order valence-corrected chi connectivity index (χ4v) is 5.68. The number of anilines is 1. The Morgan fingerprint density at radius 3 is 1.82 bits per heavy atom. The summed E-state index contributed by atoms with van der Waals surface area (Å²) in [6, 6.07) is 15.9. The van der Waals surface area contributed by atoms with Crippen LogP contribution in [0.25, 0.3) is 32.3 Å². The highest BCUT2D eigenvalue weighted by molar-refractivity contribution is 7.86. The monoisotopic (exact) mass is 539 g/mol. The molecule has 2 aliphatic rings. The molecule has 0 fully saturated rings. The van der Waals surface area contributed by atoms with Gasteiger partial charge in [-0.05, 0) is 18.2 Å². The highest BCUT2D eigenvalue weighted by Gasteiger charge is 2.25. The van der Waals surface area contributed by atoms with Crippen molar-refractivity contribution in [3.05, 3.63) is 108 Å². The number of rotatable bonds is 2. The first-order valence-electron chi connectivity index (χ1n) is 11.5. The van der Waals surface area contributed by atoms with Gasteiger partial charge in [0.1, 0.15) is 16.4 Å². The molecule has 0 radical (unpaired) electrons. The van der Waals surface area contributed by atoms with Gasteiger partial charge in [-0.25, -0.2) is 4.99 Å². The lowest BCUT2D eigenvalue weighted by Crippen LogP contribution is -2.28. The largest absolute Gasteiger partial charge is 0.507 e. The summed E-state index contributed by atoms with van der Waals surface area (Å²) in [5, 5.41) is 30.2. The molecular formula is C28H17N3O7S. The Bertz CT molecular complexity index is 2470. The third-order valence-electron chi connectivity index (χ3n) is 6.79. The molecular weight excluding hydrogens is 522 g/mol. The first-order valence-corrected chi connectivity index (χ1v) is 12.9. The minimum Gasteiger partial charge on any atom is -0.507 e. The zero-order valence-corrected chi connectivity index (χ0v) is 20.6. The van der Waals surface area contributed by atoms with E-state index in [1.807, 2.05) is 0 Å². The Kier molecular flexibility index (Phi) is 5.08. The van der Waals surface area contributed by atoms with Crippen LogP contribution in [-0.2, 0) is 10.1 Å². The lowest BCUT2D eigenvalue weighted by atomic mass is 9.98. The van der Waals surface area contributed by atoms with E-state index in [0.29, 0.717) is 0 Å². The maximum absolute atomic E-state index is 13.5. The summed E-state index contributed by atoms with van der Waals surface area (Å²) in [6.07, 6.45) is 0. The highest BCUT2D eigenvalue weighted by atomic mass is 32.2. The normalized spacial score (nSPS) is 12.7. The molecule has 0 spiro atoms. The molecule has 0 saturated heterocycles. The fraction of sp³-hybridized carbons (Fsp3) is 0. The molecule has 0 bridgehead atoms. The van der Waals surface area contributed by atoms with Crippen LogP contribution in [0.4, 0.5) is 11.4 Å². The van der Waals surface area contributed by atoms with Crippen LogP contribution in [0.15, 0.2) is 86.2 Å². The molecule has 39 heavy (non-hydrogen) atoms. The van der Waals surface area contributed by atoms with Crippen LogP contribution in [0.5, 0.6) is 11.5 Å². The van der Waals surface area contributed by atoms with E-state index < -0.39 is 37.3 Å². The Balaban J connectivity index is 1.92. The van der Waals surface area contributed by atoms with Crippen molar-refractivity contribution in [3.8, 4) is 11.5 Å². The number of phenols is 2. The van der Waals surface area contributed by atoms with Crippen LogP contribution in [0, 0.1) is 15.8 Å². The number of nitrogens with one attached hydrogen (secondary N) is 1. The molecule has 0 heterocycles. The second-order valence-electron chi connectivity index (χ2n) is 8.97. The van der Waals surface area contributed by atoms with E-state index in [-0.39, 0.29) is 64.9 Å². The number of nitrogens with two attached hydrogens (primary N) is 1. The highest BCUT2D eigenvalue weighted by Crippen LogP contribution is 2.49. The van der Waals surface area contributed by atoms with Crippen LogP contribution in [-0.4, -0.2) is 23.2 Å². The van der Waals surface area contributed by atoms with Gasteiger partial charge in [0.15, 0.2) is 10.9 Å². The first-order chi connectivity index (χ1) is 18.5. The lowest BCUT2D eigenvalue weighted by Gasteiger charge is -2.15. The van der Waals surface area contributed by atoms with Crippen LogP contribution in [0.2, 0.25) is 0 Å². The number of nitrogens with zero attached hydrogens (tertiary/aromatic N) is 1. The van der Waals surface area contributed by atoms with Crippen molar-refractivity contribution in [1.82, 2.24) is 0 Å². The summed E-state index contributed by atoms with van der Waals surface area (Å²) in [5.41, 5.74) is 4.18. The smallest absolute Gasteiger partial charge is 0.296 e. The first kappa shape index (κ1) is 24.2. The Morgan fingerprint density at radius 2 is 1.26 bits per heavy atom. The van der Waals surface area contributed by atoms with Gasteiger partial charge in [0.25, 0.3) is 10.1 Å². The van der Waals surface area contributed by atoms with Crippen molar-refractivity contribution in [3.63, 3.8) is 0 Å². The van der Waals surface area contributed by atoms with Crippen LogP contribution in [0.3, 0.4) is 0 Å². The van der Waals surface area contributed by atoms with Gasteiger partial charge >= 0.3 is 0 Å². The van der Waals surface area contributed by atoms with Gasteiger partial charge in [-0.2, -0.15) is 8.42 Å². The topological polar surface area (TPSA) is 191 Å². The van der Waals surface area contributed by atoms with Gasteiger partial charge in [0, 0.05) is 21.5 Å². The van der Waals surface area contributed by atoms with Crippen molar-refractivity contribution in [2.24, 2.45) is 4.99 Å². The van der Waals surface area contributed by atoms with E-state index in [1.165, 1.54) is 36.4 Å². The third kappa shape index (κ3) is 3.41. The maximum atomic E-state index is 13.5. The molecule has 0 atom stereocenters. The average molecular weight is 540 g/mol. The molecule has 6 rings (SSSR count). The van der Waals surface area contributed by atoms with Crippen molar-refractivity contribution in [2.75, 3.05) is 5.73 Å². The summed E-state index contributed by atoms with van der Waals surface area (Å²) in [5.74, 6) is -0.842. The predicted octanol–water partition coefficient (Wildman–Crippen LogP) is 2.42. The molecule has 0 amide bonds. The van der Waals surface area contributed by atoms with Gasteiger partial charge < -0.3 is 21.4 Å². The lowest BCUT2D eigenvalue weighted by molar-refractivity contribution is 0.478. The van der Waals surface area contributed by atoms with Crippen LogP contribution >= 0.6 is 0 Å². The van der Waals surface area contributed by atoms with Crippen molar-refractivity contribution in [2.45, 2.75) is 4.90 Å². The second-order valence-corrected chi connectivity index (χ2v) is 10.4. The molecule has 4 aromatic carbocycles. The van der Waals surface area contributed by atoms with Crippen LogP contribution in [0.1, 0.15) is 0 Å². The van der Waals surface area contributed by atoms with E-state index in [9.17, 15) is 32.8 Å². The number of fused-ring (bicyclic) bond motifs is 3. The Morgan fingerprint density at radius 1 is 0.744 bits per heavy atom. The molecule has 0 saturated carbocycles. The molecule has 0 unspecified atom stereocenters. The minimum atomic E-state index is -4.94. The molecule has 0 aromatic heterocycles. The van der Waals surface area contributed by atoms with E-state index in [2.05, 4.69) is 4.99 Å². The quantitative estimate of drug-likeness (QED) is 0.0958. The zero-order valence-electron chi connectivity index (χ0n) is 19.8. The van der Waals surface area contributed by atoms with Crippen LogP contribution < -0.4 is 27.3 Å². The maximum Gasteiger partial charge on any atom is 0.296 e. The molecule has 6 N–H and O–H groups in total. The Hall–Kier alpha value is -5.13. The number of nitrogen functional groups attached to an aromatic ring is 1. The van der Waals surface area contributed by atoms with Gasteiger partial charge in [-0.3, -0.25) is 14.1 Å². The van der Waals surface area contributed by atoms with Gasteiger partial charge in [-0.1, -0.05) is 48.5 Å². The molecule has 4 aromatic rings. The fourth-order valence-electron chi connectivity index (χ4n) is 5.04. The zero-order chi connectivity index (χ0) is 27.8. The van der Waals surface area contributed by atoms with E-state index in [4.69, 9.17) is 11.1 Å². The van der Waals surface area contributed by atoms with E-state index in [1.54, 1.807) is 24.3 Å². The Labute approximate surface area is 217 Å². The van der Waals surface area contributed by atoms with Gasteiger partial charge in [-0.15, -0.1) is 0 Å². The summed E-state index contributed by atoms with van der Waals surface area (Å²) in [7, 11) is -4.94. The summed E-state index contributed by atoms with van der Waals surface area (Å²) in [6.45, 7) is 0. The number of hydrogen-bond donors (Lipinski definition) is 5. The summed E-state index contributed by atoms with van der Waals surface area (Å²) < 4.78 is 34.4. The number of hydrogen-bond acceptors (Lipinski definition) is 9. The van der Waals surface area contributed by atoms with Gasteiger partial charge in [0.05, 0.1) is 43.3 Å². The van der Waals surface area contributed by atoms with E-state index in [0.717, 1.165) is 6.07 Å². The SMILES string of the molecule is N=c1ccc(=Nc2cc(S(=O)(=O)O)c(N)c3c(O)c4ccccc4c(O)c23)c2c(=O)c3ccccc3c(=O)c1=2. The third-order valence-corrected chi connectivity index (χ3v) is 7.69. The molecule has 10 nitrogen and oxygen atoms in total. The number of benzene rings is 4. The second kappa shape index (κ2) is 8.18. The molecule has 11 heteroatoms. The molecule has 2 aliphatic carbocycles. The average Bonchev–Trinajstić information content (AvgIpc) is 2.91. The summed E-state index contributed by atoms with van der Waals surface area (Å²) >= 11 is 0. The number of phenolic OH excluding ortho intramolecular Hbond substituents is 2. The van der Waals surface area contributed by atoms with Crippen molar-refractivity contribution >= 4 is 53.8 Å². The van der Waals surface area contributed by atoms with E-state index >= 15 is 0 Å². The minimum absolute atomic E-state index is 0.0896. The van der Waals surface area contributed by atoms with Crippen molar-refractivity contribution in [1.29, 1.82) is 5.41 Å². The standard InChI is InChI=1S/C28H17N3O7S/c29-16-9-10-17(21-20(16)25(32)12-5-1-2-6-13(12)26(21)33)31-18-11-19(39(36,37)38)24(30)23-22(18)27(34)14-7-3-4-8-15(14)28(23)35/h1-11,29,34-35H,30H2,(H,36,37,38). The summed E-state index contributed by atoms with van der Waals surface area (Å²) in [4.78, 5) is 30.4.